The molecule has 0 aliphatic rings. The van der Waals surface area contributed by atoms with E-state index < -0.39 is 0 Å². The minimum Gasteiger partial charge on any atom is -0.324 e. The summed E-state index contributed by atoms with van der Waals surface area (Å²) in [6.07, 6.45) is 0.665. The zero-order chi connectivity index (χ0) is 14.9. The van der Waals surface area contributed by atoms with Gasteiger partial charge in [-0.1, -0.05) is 26.8 Å². The van der Waals surface area contributed by atoms with Crippen LogP contribution in [0.3, 0.4) is 0 Å². The third-order valence-electron chi connectivity index (χ3n) is 3.09. The first-order chi connectivity index (χ1) is 9.27. The van der Waals surface area contributed by atoms with Gasteiger partial charge in [-0.05, 0) is 33.6 Å². The molecule has 0 spiro atoms. The van der Waals surface area contributed by atoms with Gasteiger partial charge in [0, 0.05) is 23.3 Å². The van der Waals surface area contributed by atoms with E-state index in [4.69, 9.17) is 5.73 Å². The van der Waals surface area contributed by atoms with Gasteiger partial charge in [0.15, 0.2) is 0 Å². The van der Waals surface area contributed by atoms with Gasteiger partial charge in [-0.2, -0.15) is 0 Å². The fourth-order valence-electron chi connectivity index (χ4n) is 1.80. The molecule has 5 heteroatoms. The average Bonchev–Trinajstić information content (AvgIpc) is 2.81. The third-order valence-corrected chi connectivity index (χ3v) is 4.57. The summed E-state index contributed by atoms with van der Waals surface area (Å²) < 4.78 is 13.7. The number of aromatic nitrogens is 1. The quantitative estimate of drug-likeness (QED) is 0.873. The maximum Gasteiger partial charge on any atom is 0.137 e. The van der Waals surface area contributed by atoms with Gasteiger partial charge in [0.1, 0.15) is 5.82 Å². The van der Waals surface area contributed by atoms with E-state index in [0.29, 0.717) is 10.9 Å². The van der Waals surface area contributed by atoms with Crippen LogP contribution in [0.25, 0.3) is 0 Å². The Kier molecular flexibility index (Phi) is 4.62. The van der Waals surface area contributed by atoms with Crippen LogP contribution in [-0.2, 0) is 11.8 Å². The molecule has 20 heavy (non-hydrogen) atoms. The third kappa shape index (κ3) is 3.65. The maximum atomic E-state index is 13.2. The Morgan fingerprint density at radius 1 is 1.40 bits per heavy atom. The van der Waals surface area contributed by atoms with Crippen molar-refractivity contribution in [3.8, 4) is 0 Å². The average molecular weight is 357 g/mol. The Hall–Kier alpha value is -0.780. The summed E-state index contributed by atoms with van der Waals surface area (Å²) in [6, 6.07) is 4.72. The highest BCUT2D eigenvalue weighted by atomic mass is 79.9. The second-order valence-electron chi connectivity index (χ2n) is 5.86. The molecule has 1 aromatic carbocycles. The van der Waals surface area contributed by atoms with E-state index in [0.717, 1.165) is 16.3 Å². The molecule has 0 radical (unpaired) electrons. The van der Waals surface area contributed by atoms with Gasteiger partial charge >= 0.3 is 0 Å². The van der Waals surface area contributed by atoms with E-state index in [1.165, 1.54) is 6.07 Å². The van der Waals surface area contributed by atoms with Crippen molar-refractivity contribution in [2.75, 3.05) is 0 Å². The Labute approximate surface area is 131 Å². The van der Waals surface area contributed by atoms with Gasteiger partial charge in [0.05, 0.1) is 15.2 Å². The number of thiazole rings is 1. The lowest BCUT2D eigenvalue weighted by molar-refractivity contribution is 0.568. The number of nitrogens with zero attached hydrogens (tertiary/aromatic N) is 1. The van der Waals surface area contributed by atoms with Crippen LogP contribution in [0.15, 0.2) is 28.1 Å². The standard InChI is InChI=1S/C15H18BrFN2S/c1-15(2,3)13-8-20-14(19-13)7-12(18)9-4-5-11(17)10(16)6-9/h4-6,8,12H,7,18H2,1-3H3. The zero-order valence-corrected chi connectivity index (χ0v) is 14.2. The molecule has 1 atom stereocenters. The fourth-order valence-corrected chi connectivity index (χ4v) is 3.28. The second-order valence-corrected chi connectivity index (χ2v) is 7.66. The zero-order valence-electron chi connectivity index (χ0n) is 11.8. The van der Waals surface area contributed by atoms with E-state index in [2.05, 4.69) is 47.1 Å². The van der Waals surface area contributed by atoms with Crippen molar-refractivity contribution in [1.29, 1.82) is 0 Å². The van der Waals surface area contributed by atoms with Crippen molar-refractivity contribution in [3.63, 3.8) is 0 Å². The minimum atomic E-state index is -0.273. The van der Waals surface area contributed by atoms with E-state index in [1.807, 2.05) is 0 Å². The van der Waals surface area contributed by atoms with Crippen LogP contribution < -0.4 is 5.73 Å². The summed E-state index contributed by atoms with van der Waals surface area (Å²) in [5.41, 5.74) is 8.24. The second kappa shape index (κ2) is 5.92. The van der Waals surface area contributed by atoms with Gasteiger partial charge in [-0.15, -0.1) is 11.3 Å². The van der Waals surface area contributed by atoms with Crippen LogP contribution >= 0.6 is 27.3 Å². The number of nitrogens with two attached hydrogens (primary N) is 1. The van der Waals surface area contributed by atoms with Crippen molar-refractivity contribution < 1.29 is 4.39 Å². The van der Waals surface area contributed by atoms with Crippen LogP contribution in [-0.4, -0.2) is 4.98 Å². The molecule has 0 saturated carbocycles. The summed E-state index contributed by atoms with van der Waals surface area (Å²) in [6.45, 7) is 6.43. The number of hydrogen-bond donors (Lipinski definition) is 1. The molecule has 2 N–H and O–H groups in total. The number of benzene rings is 1. The van der Waals surface area contributed by atoms with Crippen LogP contribution in [0.1, 0.15) is 43.1 Å². The van der Waals surface area contributed by atoms with Crippen LogP contribution in [0.2, 0.25) is 0 Å². The summed E-state index contributed by atoms with van der Waals surface area (Å²) in [7, 11) is 0. The fraction of sp³-hybridized carbons (Fsp3) is 0.400. The largest absolute Gasteiger partial charge is 0.324 e. The van der Waals surface area contributed by atoms with Crippen molar-refractivity contribution >= 4 is 27.3 Å². The molecular weight excluding hydrogens is 339 g/mol. The molecule has 0 aliphatic heterocycles. The topological polar surface area (TPSA) is 38.9 Å². The maximum absolute atomic E-state index is 13.2. The first-order valence-electron chi connectivity index (χ1n) is 6.43. The molecule has 0 aliphatic carbocycles. The van der Waals surface area contributed by atoms with Crippen LogP contribution in [0.4, 0.5) is 4.39 Å². The van der Waals surface area contributed by atoms with Crippen molar-refractivity contribution in [1.82, 2.24) is 4.98 Å². The summed E-state index contributed by atoms with van der Waals surface area (Å²) in [4.78, 5) is 4.64. The molecule has 0 bridgehead atoms. The molecule has 2 aromatic rings. The molecule has 108 valence electrons. The highest BCUT2D eigenvalue weighted by Gasteiger charge is 2.18. The SMILES string of the molecule is CC(C)(C)c1csc(CC(N)c2ccc(F)c(Br)c2)n1. The lowest BCUT2D eigenvalue weighted by Crippen LogP contribution is -2.15. The van der Waals surface area contributed by atoms with Crippen molar-refractivity contribution in [2.45, 2.75) is 38.6 Å². The summed E-state index contributed by atoms with van der Waals surface area (Å²) >= 11 is 4.82. The Balaban J connectivity index is 2.13. The number of hydrogen-bond acceptors (Lipinski definition) is 3. The van der Waals surface area contributed by atoms with E-state index >= 15 is 0 Å². The molecule has 2 nitrogen and oxygen atoms in total. The Bertz CT molecular complexity index is 604. The monoisotopic (exact) mass is 356 g/mol. The summed E-state index contributed by atoms with van der Waals surface area (Å²) in [5.74, 6) is -0.273. The molecule has 0 amide bonds. The predicted octanol–water partition coefficient (Wildman–Crippen LogP) is 4.58. The van der Waals surface area contributed by atoms with Crippen LogP contribution in [0, 0.1) is 5.82 Å². The van der Waals surface area contributed by atoms with Gasteiger partial charge in [0.25, 0.3) is 0 Å². The van der Waals surface area contributed by atoms with Gasteiger partial charge in [-0.3, -0.25) is 0 Å². The first-order valence-corrected chi connectivity index (χ1v) is 8.10. The van der Waals surface area contributed by atoms with Crippen molar-refractivity contribution in [3.05, 3.63) is 50.1 Å². The minimum absolute atomic E-state index is 0.0533. The highest BCUT2D eigenvalue weighted by molar-refractivity contribution is 9.10. The molecule has 2 rings (SSSR count). The highest BCUT2D eigenvalue weighted by Crippen LogP contribution is 2.27. The predicted molar refractivity (Wildman–Crippen MR) is 85.5 cm³/mol. The summed E-state index contributed by atoms with van der Waals surface area (Å²) in [5, 5.41) is 3.10. The molecule has 1 aromatic heterocycles. The molecular formula is C15H18BrFN2S. The Morgan fingerprint density at radius 2 is 2.10 bits per heavy atom. The molecule has 1 heterocycles. The molecule has 1 unspecified atom stereocenters. The number of rotatable bonds is 3. The smallest absolute Gasteiger partial charge is 0.137 e. The van der Waals surface area contributed by atoms with E-state index in [9.17, 15) is 4.39 Å². The van der Waals surface area contributed by atoms with Gasteiger partial charge in [-0.25, -0.2) is 9.37 Å². The molecule has 0 saturated heterocycles. The first kappa shape index (κ1) is 15.6. The molecule has 0 fully saturated rings. The van der Waals surface area contributed by atoms with Crippen molar-refractivity contribution in [2.24, 2.45) is 5.73 Å². The van der Waals surface area contributed by atoms with E-state index in [1.54, 1.807) is 23.5 Å². The van der Waals surface area contributed by atoms with Crippen LogP contribution in [0.5, 0.6) is 0 Å². The van der Waals surface area contributed by atoms with E-state index in [-0.39, 0.29) is 17.3 Å². The number of halogens is 2. The van der Waals surface area contributed by atoms with Gasteiger partial charge in [0.2, 0.25) is 0 Å². The lowest BCUT2D eigenvalue weighted by Gasteiger charge is -2.14. The Morgan fingerprint density at radius 3 is 2.65 bits per heavy atom. The van der Waals surface area contributed by atoms with Gasteiger partial charge < -0.3 is 5.73 Å². The lowest BCUT2D eigenvalue weighted by atomic mass is 9.93. The normalized spacial score (nSPS) is 13.5.